The Morgan fingerprint density at radius 3 is 2.64 bits per heavy atom. The highest BCUT2D eigenvalue weighted by Crippen LogP contribution is 2.30. The van der Waals surface area contributed by atoms with E-state index in [2.05, 4.69) is 0 Å². The maximum atomic E-state index is 12.3. The molecular formula is C8H5F3N2O. The van der Waals surface area contributed by atoms with Gasteiger partial charge in [0.05, 0.1) is 18.1 Å². The quantitative estimate of drug-likeness (QED) is 0.749. The van der Waals surface area contributed by atoms with Gasteiger partial charge in [0.15, 0.2) is 0 Å². The van der Waals surface area contributed by atoms with Gasteiger partial charge in [0.1, 0.15) is 0 Å². The standard InChI is InChI=1S/C8H5F3N2O/c9-8(10,11)6-4-13-7(14)3-5(6)1-2-12/h3-4H,1H2,(H,13,14). The van der Waals surface area contributed by atoms with Crippen LogP contribution in [0.1, 0.15) is 11.1 Å². The number of aromatic amines is 1. The van der Waals surface area contributed by atoms with Gasteiger partial charge >= 0.3 is 6.18 Å². The third-order valence-corrected chi connectivity index (χ3v) is 1.58. The van der Waals surface area contributed by atoms with Crippen molar-refractivity contribution in [1.29, 1.82) is 5.26 Å². The van der Waals surface area contributed by atoms with Crippen LogP contribution in [0.3, 0.4) is 0 Å². The minimum atomic E-state index is -4.55. The third kappa shape index (κ3) is 2.13. The van der Waals surface area contributed by atoms with Crippen molar-refractivity contribution in [2.24, 2.45) is 0 Å². The molecule has 0 radical (unpaired) electrons. The van der Waals surface area contributed by atoms with Crippen molar-refractivity contribution in [3.05, 3.63) is 33.7 Å². The number of nitrogens with one attached hydrogen (secondary N) is 1. The highest BCUT2D eigenvalue weighted by Gasteiger charge is 2.33. The Morgan fingerprint density at radius 1 is 1.50 bits per heavy atom. The number of aromatic nitrogens is 1. The molecule has 0 unspecified atom stereocenters. The largest absolute Gasteiger partial charge is 0.418 e. The van der Waals surface area contributed by atoms with Crippen molar-refractivity contribution in [3.63, 3.8) is 0 Å². The van der Waals surface area contributed by atoms with Crippen LogP contribution in [-0.2, 0) is 12.6 Å². The van der Waals surface area contributed by atoms with E-state index in [4.69, 9.17) is 5.26 Å². The monoisotopic (exact) mass is 202 g/mol. The summed E-state index contributed by atoms with van der Waals surface area (Å²) in [6, 6.07) is 2.35. The summed E-state index contributed by atoms with van der Waals surface area (Å²) in [6.45, 7) is 0. The van der Waals surface area contributed by atoms with Gasteiger partial charge in [-0.25, -0.2) is 0 Å². The second-order valence-electron chi connectivity index (χ2n) is 2.57. The van der Waals surface area contributed by atoms with Gasteiger partial charge in [-0.1, -0.05) is 0 Å². The van der Waals surface area contributed by atoms with Gasteiger partial charge in [-0.15, -0.1) is 0 Å². The molecule has 0 aliphatic carbocycles. The molecule has 0 fully saturated rings. The maximum absolute atomic E-state index is 12.3. The number of alkyl halides is 3. The fourth-order valence-corrected chi connectivity index (χ4v) is 1.01. The molecule has 1 rings (SSSR count). The van der Waals surface area contributed by atoms with Crippen molar-refractivity contribution in [2.75, 3.05) is 0 Å². The van der Waals surface area contributed by atoms with E-state index >= 15 is 0 Å². The lowest BCUT2D eigenvalue weighted by molar-refractivity contribution is -0.138. The van der Waals surface area contributed by atoms with E-state index in [9.17, 15) is 18.0 Å². The molecule has 0 saturated carbocycles. The Bertz CT molecular complexity index is 427. The minimum absolute atomic E-state index is 0.302. The molecule has 74 valence electrons. The molecule has 1 heterocycles. The highest BCUT2D eigenvalue weighted by molar-refractivity contribution is 5.28. The van der Waals surface area contributed by atoms with Crippen LogP contribution in [0.25, 0.3) is 0 Å². The van der Waals surface area contributed by atoms with Crippen molar-refractivity contribution >= 4 is 0 Å². The first-order valence-corrected chi connectivity index (χ1v) is 3.61. The van der Waals surface area contributed by atoms with Crippen molar-refractivity contribution in [1.82, 2.24) is 4.98 Å². The average Bonchev–Trinajstić information content (AvgIpc) is 2.02. The number of nitriles is 1. The number of hydrogen-bond acceptors (Lipinski definition) is 2. The fraction of sp³-hybridized carbons (Fsp3) is 0.250. The van der Waals surface area contributed by atoms with Gasteiger partial charge in [0, 0.05) is 12.3 Å². The summed E-state index contributed by atoms with van der Waals surface area (Å²) >= 11 is 0. The molecule has 0 aliphatic rings. The predicted octanol–water partition coefficient (Wildman–Crippen LogP) is 1.46. The van der Waals surface area contributed by atoms with E-state index in [-0.39, 0.29) is 5.56 Å². The second kappa shape index (κ2) is 3.54. The lowest BCUT2D eigenvalue weighted by atomic mass is 10.1. The summed E-state index contributed by atoms with van der Waals surface area (Å²) in [5.41, 5.74) is -1.93. The molecule has 0 bridgehead atoms. The first-order valence-electron chi connectivity index (χ1n) is 3.61. The Hall–Kier alpha value is -1.77. The van der Waals surface area contributed by atoms with Gasteiger partial charge in [0.2, 0.25) is 5.56 Å². The molecule has 6 heteroatoms. The summed E-state index contributed by atoms with van der Waals surface area (Å²) in [6.07, 6.45) is -4.40. The van der Waals surface area contributed by atoms with E-state index in [1.807, 2.05) is 4.98 Å². The predicted molar refractivity (Wildman–Crippen MR) is 41.4 cm³/mol. The van der Waals surface area contributed by atoms with Crippen molar-refractivity contribution < 1.29 is 13.2 Å². The first-order chi connectivity index (χ1) is 6.45. The molecule has 0 atom stereocenters. The number of rotatable bonds is 1. The molecule has 1 N–H and O–H groups in total. The zero-order valence-electron chi connectivity index (χ0n) is 6.85. The van der Waals surface area contributed by atoms with Crippen LogP contribution in [0.4, 0.5) is 13.2 Å². The molecule has 14 heavy (non-hydrogen) atoms. The van der Waals surface area contributed by atoms with Gasteiger partial charge in [0.25, 0.3) is 0 Å². The molecular weight excluding hydrogens is 197 g/mol. The Labute approximate surface area is 76.8 Å². The summed E-state index contributed by atoms with van der Waals surface area (Å²) in [7, 11) is 0. The normalized spacial score (nSPS) is 11.0. The topological polar surface area (TPSA) is 56.6 Å². The van der Waals surface area contributed by atoms with Crippen LogP contribution in [0.2, 0.25) is 0 Å². The number of pyridine rings is 1. The van der Waals surface area contributed by atoms with Crippen LogP contribution >= 0.6 is 0 Å². The van der Waals surface area contributed by atoms with Crippen LogP contribution in [0.15, 0.2) is 17.1 Å². The average molecular weight is 202 g/mol. The van der Waals surface area contributed by atoms with Crippen LogP contribution < -0.4 is 5.56 Å². The number of halogens is 3. The Balaban J connectivity index is 3.30. The minimum Gasteiger partial charge on any atom is -0.328 e. The van der Waals surface area contributed by atoms with Crippen LogP contribution in [-0.4, -0.2) is 4.98 Å². The lowest BCUT2D eigenvalue weighted by Gasteiger charge is -2.09. The number of H-pyrrole nitrogens is 1. The number of nitrogens with zero attached hydrogens (tertiary/aromatic N) is 1. The lowest BCUT2D eigenvalue weighted by Crippen LogP contribution is -2.15. The smallest absolute Gasteiger partial charge is 0.328 e. The SMILES string of the molecule is N#CCc1cc(=O)[nH]cc1C(F)(F)F. The van der Waals surface area contributed by atoms with Crippen LogP contribution in [0.5, 0.6) is 0 Å². The van der Waals surface area contributed by atoms with Gasteiger partial charge in [-0.2, -0.15) is 18.4 Å². The Kier molecular flexibility index (Phi) is 2.60. The molecule has 0 saturated heterocycles. The van der Waals surface area contributed by atoms with Crippen molar-refractivity contribution in [3.8, 4) is 6.07 Å². The molecule has 0 amide bonds. The zero-order chi connectivity index (χ0) is 10.8. The van der Waals surface area contributed by atoms with Crippen molar-refractivity contribution in [2.45, 2.75) is 12.6 Å². The summed E-state index contributed by atoms with van der Waals surface area (Å²) in [4.78, 5) is 12.6. The second-order valence-corrected chi connectivity index (χ2v) is 2.57. The van der Waals surface area contributed by atoms with E-state index in [0.717, 1.165) is 6.07 Å². The third-order valence-electron chi connectivity index (χ3n) is 1.58. The fourth-order valence-electron chi connectivity index (χ4n) is 1.01. The molecule has 1 aromatic rings. The molecule has 0 aliphatic heterocycles. The zero-order valence-corrected chi connectivity index (χ0v) is 6.85. The van der Waals surface area contributed by atoms with E-state index in [1.165, 1.54) is 0 Å². The van der Waals surface area contributed by atoms with E-state index < -0.39 is 23.7 Å². The number of hydrogen-bond donors (Lipinski definition) is 1. The molecule has 3 nitrogen and oxygen atoms in total. The molecule has 0 spiro atoms. The molecule has 1 aromatic heterocycles. The van der Waals surface area contributed by atoms with Crippen LogP contribution in [0, 0.1) is 11.3 Å². The Morgan fingerprint density at radius 2 is 2.14 bits per heavy atom. The molecule has 0 aromatic carbocycles. The maximum Gasteiger partial charge on any atom is 0.418 e. The first kappa shape index (κ1) is 10.3. The highest BCUT2D eigenvalue weighted by atomic mass is 19.4. The summed E-state index contributed by atoms with van der Waals surface area (Å²) in [5, 5.41) is 8.27. The summed E-state index contributed by atoms with van der Waals surface area (Å²) < 4.78 is 36.8. The van der Waals surface area contributed by atoms with E-state index in [0.29, 0.717) is 6.20 Å². The van der Waals surface area contributed by atoms with E-state index in [1.54, 1.807) is 6.07 Å². The van der Waals surface area contributed by atoms with Gasteiger partial charge in [-0.3, -0.25) is 4.79 Å². The summed E-state index contributed by atoms with van der Waals surface area (Å²) in [5.74, 6) is 0. The van der Waals surface area contributed by atoms with Gasteiger partial charge in [-0.05, 0) is 5.56 Å². The van der Waals surface area contributed by atoms with Gasteiger partial charge < -0.3 is 4.98 Å².